The minimum atomic E-state index is -1.10. The molecule has 0 radical (unpaired) electrons. The second-order valence-corrected chi connectivity index (χ2v) is 7.92. The van der Waals surface area contributed by atoms with Gasteiger partial charge in [-0.1, -0.05) is 28.1 Å². The first-order valence-corrected chi connectivity index (χ1v) is 11.0. The highest BCUT2D eigenvalue weighted by Crippen LogP contribution is 2.27. The standard InChI is InChI=1S/C24H19BrF2N4O5/c1-35-21-10-14(12-28-31-24(34)23(33)30-18-5-3-2-4-16(18)26)6-9-20(21)36-13-22(32)29-19-8-7-15(25)11-17(19)27/h2-12H,13H2,1H3,(H,29,32)(H,30,33)(H,31,34)/b28-12-. The van der Waals surface area contributed by atoms with E-state index in [1.165, 1.54) is 55.8 Å². The molecule has 0 atom stereocenters. The third-order valence-electron chi connectivity index (χ3n) is 4.46. The zero-order valence-corrected chi connectivity index (χ0v) is 20.3. The fourth-order valence-corrected chi connectivity index (χ4v) is 3.10. The van der Waals surface area contributed by atoms with Crippen molar-refractivity contribution in [3.8, 4) is 11.5 Å². The Morgan fingerprint density at radius 3 is 2.39 bits per heavy atom. The molecule has 3 aromatic rings. The molecule has 0 saturated carbocycles. The monoisotopic (exact) mass is 560 g/mol. The van der Waals surface area contributed by atoms with Crippen LogP contribution in [0.1, 0.15) is 5.56 Å². The number of rotatable bonds is 8. The first-order valence-electron chi connectivity index (χ1n) is 10.2. The first kappa shape index (κ1) is 26.3. The molecular weight excluding hydrogens is 542 g/mol. The summed E-state index contributed by atoms with van der Waals surface area (Å²) < 4.78 is 38.7. The first-order chi connectivity index (χ1) is 17.3. The molecule has 0 fully saturated rings. The summed E-state index contributed by atoms with van der Waals surface area (Å²) in [6, 6.07) is 14.2. The van der Waals surface area contributed by atoms with Gasteiger partial charge in [0.15, 0.2) is 18.1 Å². The van der Waals surface area contributed by atoms with E-state index >= 15 is 0 Å². The van der Waals surface area contributed by atoms with E-state index in [4.69, 9.17) is 9.47 Å². The smallest absolute Gasteiger partial charge is 0.329 e. The summed E-state index contributed by atoms with van der Waals surface area (Å²) in [7, 11) is 1.38. The lowest BCUT2D eigenvalue weighted by atomic mass is 10.2. The molecule has 0 aliphatic heterocycles. The topological polar surface area (TPSA) is 118 Å². The van der Waals surface area contributed by atoms with Gasteiger partial charge < -0.3 is 20.1 Å². The van der Waals surface area contributed by atoms with Crippen LogP contribution in [-0.4, -0.2) is 37.7 Å². The van der Waals surface area contributed by atoms with Gasteiger partial charge in [-0.15, -0.1) is 0 Å². The summed E-state index contributed by atoms with van der Waals surface area (Å²) in [6.45, 7) is -0.410. The molecule has 3 N–H and O–H groups in total. The van der Waals surface area contributed by atoms with Crippen molar-refractivity contribution in [1.29, 1.82) is 0 Å². The van der Waals surface area contributed by atoms with E-state index in [2.05, 4.69) is 31.7 Å². The zero-order chi connectivity index (χ0) is 26.1. The lowest BCUT2D eigenvalue weighted by molar-refractivity contribution is -0.136. The maximum atomic E-state index is 13.9. The third-order valence-corrected chi connectivity index (χ3v) is 4.95. The Bertz CT molecular complexity index is 1320. The van der Waals surface area contributed by atoms with Crippen molar-refractivity contribution in [2.75, 3.05) is 24.4 Å². The second-order valence-electron chi connectivity index (χ2n) is 7.00. The summed E-state index contributed by atoms with van der Waals surface area (Å²) in [4.78, 5) is 35.9. The van der Waals surface area contributed by atoms with Gasteiger partial charge in [-0.25, -0.2) is 14.2 Å². The molecule has 0 spiro atoms. The Kier molecular flexibility index (Phi) is 9.06. The molecule has 0 bridgehead atoms. The number of nitrogens with one attached hydrogen (secondary N) is 3. The maximum absolute atomic E-state index is 13.9. The van der Waals surface area contributed by atoms with Crippen LogP contribution in [0.2, 0.25) is 0 Å². The van der Waals surface area contributed by atoms with Gasteiger partial charge in [-0.2, -0.15) is 5.10 Å². The molecule has 0 aliphatic rings. The normalized spacial score (nSPS) is 10.6. The number of carbonyl (C=O) groups is 3. The minimum Gasteiger partial charge on any atom is -0.493 e. The van der Waals surface area contributed by atoms with Gasteiger partial charge in [0.2, 0.25) is 0 Å². The number of nitrogens with zero attached hydrogens (tertiary/aromatic N) is 1. The molecule has 3 amide bonds. The summed E-state index contributed by atoms with van der Waals surface area (Å²) in [6.07, 6.45) is 1.24. The summed E-state index contributed by atoms with van der Waals surface area (Å²) in [5.41, 5.74) is 2.37. The molecule has 0 aliphatic carbocycles. The quantitative estimate of drug-likeness (QED) is 0.220. The molecule has 186 valence electrons. The molecule has 9 nitrogen and oxygen atoms in total. The van der Waals surface area contributed by atoms with Gasteiger partial charge in [-0.05, 0) is 54.1 Å². The van der Waals surface area contributed by atoms with Gasteiger partial charge in [0.05, 0.1) is 24.7 Å². The van der Waals surface area contributed by atoms with Crippen molar-refractivity contribution in [2.45, 2.75) is 0 Å². The molecule has 0 unspecified atom stereocenters. The van der Waals surface area contributed by atoms with Crippen LogP contribution in [-0.2, 0) is 14.4 Å². The molecule has 0 saturated heterocycles. The highest BCUT2D eigenvalue weighted by atomic mass is 79.9. The van der Waals surface area contributed by atoms with Crippen LogP contribution in [0.3, 0.4) is 0 Å². The Balaban J connectivity index is 1.54. The Morgan fingerprint density at radius 1 is 0.917 bits per heavy atom. The van der Waals surface area contributed by atoms with E-state index in [0.717, 1.165) is 6.07 Å². The predicted molar refractivity (Wildman–Crippen MR) is 132 cm³/mol. The van der Waals surface area contributed by atoms with E-state index in [1.54, 1.807) is 12.1 Å². The van der Waals surface area contributed by atoms with Crippen molar-refractivity contribution in [2.24, 2.45) is 5.10 Å². The van der Waals surface area contributed by atoms with E-state index in [0.29, 0.717) is 10.0 Å². The molecule has 12 heteroatoms. The molecule has 3 aromatic carbocycles. The number of halogens is 3. The van der Waals surface area contributed by atoms with Crippen LogP contribution in [0.25, 0.3) is 0 Å². The number of carbonyl (C=O) groups excluding carboxylic acids is 3. The van der Waals surface area contributed by atoms with E-state index < -0.39 is 36.0 Å². The molecular formula is C24H19BrF2N4O5. The second kappa shape index (κ2) is 12.4. The zero-order valence-electron chi connectivity index (χ0n) is 18.7. The van der Waals surface area contributed by atoms with Crippen LogP contribution in [0.4, 0.5) is 20.2 Å². The van der Waals surface area contributed by atoms with Crippen LogP contribution in [0, 0.1) is 11.6 Å². The number of hydrogen-bond acceptors (Lipinski definition) is 6. The Hall–Kier alpha value is -4.32. The average Bonchev–Trinajstić information content (AvgIpc) is 2.86. The summed E-state index contributed by atoms with van der Waals surface area (Å²) in [5, 5.41) is 8.23. The van der Waals surface area contributed by atoms with E-state index in [-0.39, 0.29) is 22.9 Å². The fraction of sp³-hybridized carbons (Fsp3) is 0.0833. The molecule has 36 heavy (non-hydrogen) atoms. The number of hydrazone groups is 1. The van der Waals surface area contributed by atoms with Crippen LogP contribution >= 0.6 is 15.9 Å². The Morgan fingerprint density at radius 2 is 1.67 bits per heavy atom. The molecule has 0 heterocycles. The molecule has 3 rings (SSSR count). The highest BCUT2D eigenvalue weighted by molar-refractivity contribution is 9.10. The average molecular weight is 561 g/mol. The number of benzene rings is 3. The van der Waals surface area contributed by atoms with Gasteiger partial charge in [0.25, 0.3) is 5.91 Å². The number of para-hydroxylation sites is 1. The summed E-state index contributed by atoms with van der Waals surface area (Å²) >= 11 is 3.14. The number of hydrogen-bond donors (Lipinski definition) is 3. The number of amides is 3. The van der Waals surface area contributed by atoms with E-state index in [9.17, 15) is 23.2 Å². The highest BCUT2D eigenvalue weighted by Gasteiger charge is 2.15. The predicted octanol–water partition coefficient (Wildman–Crippen LogP) is 3.84. The van der Waals surface area contributed by atoms with Crippen molar-refractivity contribution in [3.63, 3.8) is 0 Å². The van der Waals surface area contributed by atoms with Gasteiger partial charge in [0.1, 0.15) is 11.6 Å². The van der Waals surface area contributed by atoms with Gasteiger partial charge >= 0.3 is 11.8 Å². The number of anilines is 2. The largest absolute Gasteiger partial charge is 0.493 e. The third kappa shape index (κ3) is 7.34. The minimum absolute atomic E-state index is 0.00922. The van der Waals surface area contributed by atoms with Crippen molar-refractivity contribution in [1.82, 2.24) is 5.43 Å². The maximum Gasteiger partial charge on any atom is 0.329 e. The molecule has 0 aromatic heterocycles. The van der Waals surface area contributed by atoms with Crippen LogP contribution in [0.15, 0.2) is 70.2 Å². The lowest BCUT2D eigenvalue weighted by Gasteiger charge is -2.12. The van der Waals surface area contributed by atoms with Crippen molar-refractivity contribution < 1.29 is 32.6 Å². The van der Waals surface area contributed by atoms with Crippen molar-refractivity contribution in [3.05, 3.63) is 82.3 Å². The van der Waals surface area contributed by atoms with Crippen LogP contribution < -0.4 is 25.5 Å². The van der Waals surface area contributed by atoms with E-state index in [1.807, 2.05) is 5.43 Å². The van der Waals surface area contributed by atoms with Gasteiger partial charge in [0, 0.05) is 4.47 Å². The fourth-order valence-electron chi connectivity index (χ4n) is 2.76. The number of ether oxygens (including phenoxy) is 2. The lowest BCUT2D eigenvalue weighted by Crippen LogP contribution is -2.32. The number of methoxy groups -OCH3 is 1. The van der Waals surface area contributed by atoms with Crippen LogP contribution in [0.5, 0.6) is 11.5 Å². The SMILES string of the molecule is COc1cc(/C=N\NC(=O)C(=O)Nc2ccccc2F)ccc1OCC(=O)Nc1ccc(Br)cc1F. The Labute approximate surface area is 212 Å². The van der Waals surface area contributed by atoms with Crippen molar-refractivity contribution >= 4 is 51.2 Å². The van der Waals surface area contributed by atoms with Gasteiger partial charge in [-0.3, -0.25) is 14.4 Å². The summed E-state index contributed by atoms with van der Waals surface area (Å²) in [5.74, 6) is -3.58.